The third-order valence-corrected chi connectivity index (χ3v) is 4.32. The van der Waals surface area contributed by atoms with Gasteiger partial charge >= 0.3 is 0 Å². The van der Waals surface area contributed by atoms with Crippen LogP contribution in [0.25, 0.3) is 0 Å². The highest BCUT2D eigenvalue weighted by atomic mass is 15.3. The summed E-state index contributed by atoms with van der Waals surface area (Å²) in [5.41, 5.74) is 1.32. The van der Waals surface area contributed by atoms with Crippen LogP contribution in [-0.4, -0.2) is 75.2 Å². The molecule has 0 spiro atoms. The smallest absolute Gasteiger partial charge is 0.194 e. The summed E-state index contributed by atoms with van der Waals surface area (Å²) in [5, 5.41) is 3.44. The Bertz CT molecular complexity index is 466. The number of likely N-dealkylation sites (N-methyl/N-ethyl adjacent to an activating group) is 1. The predicted molar refractivity (Wildman–Crippen MR) is 99.4 cm³/mol. The fraction of sp³-hybridized carbons (Fsp3) is 0.611. The lowest BCUT2D eigenvalue weighted by Crippen LogP contribution is -2.52. The normalized spacial score (nSPS) is 16.1. The summed E-state index contributed by atoms with van der Waals surface area (Å²) < 4.78 is 0. The van der Waals surface area contributed by atoms with Crippen molar-refractivity contribution >= 4 is 11.6 Å². The summed E-state index contributed by atoms with van der Waals surface area (Å²) in [5.74, 6) is 1.06. The van der Waals surface area contributed by atoms with E-state index >= 15 is 0 Å². The molecule has 1 aromatic rings. The van der Waals surface area contributed by atoms with Crippen LogP contribution in [0.2, 0.25) is 0 Å². The highest BCUT2D eigenvalue weighted by molar-refractivity contribution is 5.80. The van der Waals surface area contributed by atoms with Crippen molar-refractivity contribution in [2.24, 2.45) is 4.99 Å². The Morgan fingerprint density at radius 1 is 1.13 bits per heavy atom. The molecule has 5 heteroatoms. The van der Waals surface area contributed by atoms with Crippen molar-refractivity contribution in [1.82, 2.24) is 15.1 Å². The molecule has 23 heavy (non-hydrogen) atoms. The minimum absolute atomic E-state index is 0.853. The van der Waals surface area contributed by atoms with Crippen LogP contribution in [0.3, 0.4) is 0 Å². The second-order valence-electron chi connectivity index (χ2n) is 5.94. The van der Waals surface area contributed by atoms with Gasteiger partial charge in [0.1, 0.15) is 0 Å². The van der Waals surface area contributed by atoms with Gasteiger partial charge in [0.05, 0.1) is 6.54 Å². The van der Waals surface area contributed by atoms with Crippen molar-refractivity contribution in [2.45, 2.75) is 13.8 Å². The Morgan fingerprint density at radius 3 is 2.43 bits per heavy atom. The molecule has 0 bridgehead atoms. The van der Waals surface area contributed by atoms with Crippen molar-refractivity contribution < 1.29 is 0 Å². The number of hydrogen-bond donors (Lipinski definition) is 1. The molecule has 128 valence electrons. The Hall–Kier alpha value is -1.75. The van der Waals surface area contributed by atoms with Gasteiger partial charge < -0.3 is 20.0 Å². The van der Waals surface area contributed by atoms with Gasteiger partial charge in [-0.1, -0.05) is 25.1 Å². The first-order chi connectivity index (χ1) is 11.2. The lowest BCUT2D eigenvalue weighted by atomic mass is 10.2. The molecule has 1 aliphatic heterocycles. The molecule has 0 amide bonds. The monoisotopic (exact) mass is 317 g/mol. The molecule has 1 heterocycles. The zero-order chi connectivity index (χ0) is 16.5. The van der Waals surface area contributed by atoms with E-state index in [4.69, 9.17) is 4.99 Å². The first kappa shape index (κ1) is 17.6. The molecule has 0 aromatic heterocycles. The Kier molecular flexibility index (Phi) is 7.20. The number of piperazine rings is 1. The lowest BCUT2D eigenvalue weighted by Gasteiger charge is -2.37. The average molecular weight is 317 g/mol. The first-order valence-electron chi connectivity index (χ1n) is 8.76. The van der Waals surface area contributed by atoms with Gasteiger partial charge in [0.25, 0.3) is 0 Å². The van der Waals surface area contributed by atoms with Gasteiger partial charge in [-0.15, -0.1) is 0 Å². The van der Waals surface area contributed by atoms with Gasteiger partial charge in [-0.25, -0.2) is 0 Å². The van der Waals surface area contributed by atoms with Crippen LogP contribution < -0.4 is 10.2 Å². The van der Waals surface area contributed by atoms with E-state index in [-0.39, 0.29) is 0 Å². The average Bonchev–Trinajstić information content (AvgIpc) is 2.61. The molecule has 0 unspecified atom stereocenters. The van der Waals surface area contributed by atoms with E-state index < -0.39 is 0 Å². The van der Waals surface area contributed by atoms with Crippen LogP contribution in [0.1, 0.15) is 13.8 Å². The fourth-order valence-electron chi connectivity index (χ4n) is 2.73. The fourth-order valence-corrected chi connectivity index (χ4v) is 2.73. The summed E-state index contributed by atoms with van der Waals surface area (Å²) in [7, 11) is 2.14. The molecular formula is C18H31N5. The molecule has 0 radical (unpaired) electrons. The summed E-state index contributed by atoms with van der Waals surface area (Å²) in [4.78, 5) is 11.9. The van der Waals surface area contributed by atoms with E-state index in [9.17, 15) is 0 Å². The van der Waals surface area contributed by atoms with Gasteiger partial charge in [0.15, 0.2) is 5.96 Å². The van der Waals surface area contributed by atoms with E-state index in [0.717, 1.165) is 58.3 Å². The summed E-state index contributed by atoms with van der Waals surface area (Å²) in [6.07, 6.45) is 0. The standard InChI is InChI=1S/C18H31N5/c1-4-19-18(20-11-12-21(3)5-2)23-15-13-22(14-16-23)17-9-7-6-8-10-17/h6-10H,4-5,11-16H2,1-3H3,(H,19,20). The van der Waals surface area contributed by atoms with Gasteiger partial charge in [0, 0.05) is 45.0 Å². The molecule has 0 atom stereocenters. The molecule has 2 rings (SSSR count). The van der Waals surface area contributed by atoms with Crippen LogP contribution in [0.4, 0.5) is 5.69 Å². The minimum atomic E-state index is 0.853. The molecule has 1 aromatic carbocycles. The van der Waals surface area contributed by atoms with Crippen LogP contribution in [0.15, 0.2) is 35.3 Å². The number of guanidine groups is 1. The number of aliphatic imine (C=N–C) groups is 1. The van der Waals surface area contributed by atoms with E-state index in [1.54, 1.807) is 0 Å². The largest absolute Gasteiger partial charge is 0.368 e. The second-order valence-corrected chi connectivity index (χ2v) is 5.94. The number of hydrogen-bond acceptors (Lipinski definition) is 3. The van der Waals surface area contributed by atoms with Gasteiger partial charge in [-0.05, 0) is 32.6 Å². The van der Waals surface area contributed by atoms with Crippen molar-refractivity contribution in [3.8, 4) is 0 Å². The van der Waals surface area contributed by atoms with Crippen molar-refractivity contribution in [1.29, 1.82) is 0 Å². The lowest BCUT2D eigenvalue weighted by molar-refractivity contribution is 0.355. The predicted octanol–water partition coefficient (Wildman–Crippen LogP) is 1.73. The highest BCUT2D eigenvalue weighted by Gasteiger charge is 2.19. The van der Waals surface area contributed by atoms with E-state index in [0.29, 0.717) is 0 Å². The van der Waals surface area contributed by atoms with Crippen molar-refractivity contribution in [3.63, 3.8) is 0 Å². The number of nitrogens with zero attached hydrogens (tertiary/aromatic N) is 4. The number of rotatable bonds is 6. The van der Waals surface area contributed by atoms with E-state index in [1.165, 1.54) is 5.69 Å². The minimum Gasteiger partial charge on any atom is -0.368 e. The third kappa shape index (κ3) is 5.43. The van der Waals surface area contributed by atoms with Gasteiger partial charge in [-0.3, -0.25) is 4.99 Å². The van der Waals surface area contributed by atoms with Crippen molar-refractivity contribution in [2.75, 3.05) is 64.3 Å². The van der Waals surface area contributed by atoms with E-state index in [1.807, 2.05) is 0 Å². The Balaban J connectivity index is 1.88. The molecule has 1 aliphatic rings. The maximum absolute atomic E-state index is 4.79. The molecule has 0 aliphatic carbocycles. The van der Waals surface area contributed by atoms with Crippen LogP contribution in [0.5, 0.6) is 0 Å². The number of benzene rings is 1. The summed E-state index contributed by atoms with van der Waals surface area (Å²) >= 11 is 0. The number of para-hydroxylation sites is 1. The molecule has 5 nitrogen and oxygen atoms in total. The maximum Gasteiger partial charge on any atom is 0.194 e. The highest BCUT2D eigenvalue weighted by Crippen LogP contribution is 2.15. The second kappa shape index (κ2) is 9.40. The zero-order valence-electron chi connectivity index (χ0n) is 14.8. The van der Waals surface area contributed by atoms with Gasteiger partial charge in [-0.2, -0.15) is 0 Å². The Labute approximate surface area is 141 Å². The van der Waals surface area contributed by atoms with Crippen LogP contribution in [-0.2, 0) is 0 Å². The van der Waals surface area contributed by atoms with E-state index in [2.05, 4.69) is 71.2 Å². The van der Waals surface area contributed by atoms with Crippen LogP contribution in [0, 0.1) is 0 Å². The first-order valence-corrected chi connectivity index (χ1v) is 8.76. The molecule has 1 saturated heterocycles. The molecule has 0 saturated carbocycles. The quantitative estimate of drug-likeness (QED) is 0.640. The van der Waals surface area contributed by atoms with Gasteiger partial charge in [0.2, 0.25) is 0 Å². The maximum atomic E-state index is 4.79. The number of nitrogens with one attached hydrogen (secondary N) is 1. The van der Waals surface area contributed by atoms with Crippen LogP contribution >= 0.6 is 0 Å². The number of anilines is 1. The SMILES string of the molecule is CCNC(=NCCN(C)CC)N1CCN(c2ccccc2)CC1. The molecular weight excluding hydrogens is 286 g/mol. The third-order valence-electron chi connectivity index (χ3n) is 4.32. The topological polar surface area (TPSA) is 34.1 Å². The molecule has 1 fully saturated rings. The summed E-state index contributed by atoms with van der Waals surface area (Å²) in [6.45, 7) is 12.3. The zero-order valence-corrected chi connectivity index (χ0v) is 14.8. The Morgan fingerprint density at radius 2 is 1.83 bits per heavy atom. The molecule has 1 N–H and O–H groups in total. The summed E-state index contributed by atoms with van der Waals surface area (Å²) in [6, 6.07) is 10.7. The van der Waals surface area contributed by atoms with Crippen molar-refractivity contribution in [3.05, 3.63) is 30.3 Å².